The monoisotopic (exact) mass is 248 g/mol. The van der Waals surface area contributed by atoms with Crippen molar-refractivity contribution in [3.63, 3.8) is 0 Å². The lowest BCUT2D eigenvalue weighted by Gasteiger charge is -2.33. The number of nitrogens with two attached hydrogens (primary N) is 1. The van der Waals surface area contributed by atoms with Crippen molar-refractivity contribution in [3.05, 3.63) is 34.4 Å². The maximum atomic E-state index is 5.69. The molecule has 0 aromatic heterocycles. The van der Waals surface area contributed by atoms with Gasteiger partial charge in [-0.25, -0.2) is 0 Å². The Morgan fingerprint density at radius 3 is 2.56 bits per heavy atom. The molecule has 1 unspecified atom stereocenters. The lowest BCUT2D eigenvalue weighted by molar-refractivity contribution is -0.0261. The highest BCUT2D eigenvalue weighted by atomic mass is 16.5. The second-order valence-electron chi connectivity index (χ2n) is 5.34. The van der Waals surface area contributed by atoms with E-state index in [0.717, 1.165) is 26.2 Å². The number of aryl methyl sites for hydroxylation is 3. The number of hydrogen-bond donors (Lipinski definition) is 1. The van der Waals surface area contributed by atoms with Gasteiger partial charge in [-0.3, -0.25) is 4.90 Å². The van der Waals surface area contributed by atoms with Crippen molar-refractivity contribution in [3.8, 4) is 0 Å². The maximum absolute atomic E-state index is 5.69. The largest absolute Gasteiger partial charge is 0.374 e. The summed E-state index contributed by atoms with van der Waals surface area (Å²) in [6.07, 6.45) is 0.199. The van der Waals surface area contributed by atoms with Gasteiger partial charge in [0.2, 0.25) is 0 Å². The quantitative estimate of drug-likeness (QED) is 0.886. The first-order chi connectivity index (χ1) is 8.60. The molecule has 0 saturated carbocycles. The van der Waals surface area contributed by atoms with Gasteiger partial charge in [0.1, 0.15) is 0 Å². The molecule has 3 heteroatoms. The molecule has 1 fully saturated rings. The van der Waals surface area contributed by atoms with E-state index in [1.807, 2.05) is 0 Å². The van der Waals surface area contributed by atoms with Crippen molar-refractivity contribution in [2.24, 2.45) is 5.73 Å². The molecule has 2 rings (SSSR count). The number of hydrogen-bond acceptors (Lipinski definition) is 3. The van der Waals surface area contributed by atoms with Crippen LogP contribution in [0.4, 0.5) is 0 Å². The Morgan fingerprint density at radius 2 is 1.94 bits per heavy atom. The Morgan fingerprint density at radius 1 is 1.28 bits per heavy atom. The van der Waals surface area contributed by atoms with Gasteiger partial charge < -0.3 is 10.5 Å². The number of rotatable bonds is 3. The third-order valence-corrected chi connectivity index (χ3v) is 3.71. The van der Waals surface area contributed by atoms with Gasteiger partial charge in [-0.05, 0) is 37.5 Å². The zero-order valence-corrected chi connectivity index (χ0v) is 11.7. The fourth-order valence-corrected chi connectivity index (χ4v) is 2.75. The minimum atomic E-state index is 0.199. The van der Waals surface area contributed by atoms with Crippen molar-refractivity contribution in [2.45, 2.75) is 33.4 Å². The van der Waals surface area contributed by atoms with Gasteiger partial charge in [-0.1, -0.05) is 17.7 Å². The summed E-state index contributed by atoms with van der Waals surface area (Å²) < 4.78 is 5.61. The van der Waals surface area contributed by atoms with Crippen molar-refractivity contribution in [2.75, 3.05) is 26.2 Å². The van der Waals surface area contributed by atoms with E-state index in [1.54, 1.807) is 0 Å². The molecule has 1 saturated heterocycles. The summed E-state index contributed by atoms with van der Waals surface area (Å²) in [5.74, 6) is 0. The van der Waals surface area contributed by atoms with E-state index < -0.39 is 0 Å². The van der Waals surface area contributed by atoms with Gasteiger partial charge in [-0.15, -0.1) is 0 Å². The van der Waals surface area contributed by atoms with E-state index in [1.165, 1.54) is 22.3 Å². The van der Waals surface area contributed by atoms with E-state index in [9.17, 15) is 0 Å². The summed E-state index contributed by atoms with van der Waals surface area (Å²) in [4.78, 5) is 2.45. The highest BCUT2D eigenvalue weighted by Crippen LogP contribution is 2.19. The van der Waals surface area contributed by atoms with Gasteiger partial charge in [0, 0.05) is 26.2 Å². The average Bonchev–Trinajstić information content (AvgIpc) is 2.34. The first-order valence-electron chi connectivity index (χ1n) is 6.71. The van der Waals surface area contributed by atoms with Gasteiger partial charge in [0.15, 0.2) is 0 Å². The lowest BCUT2D eigenvalue weighted by Crippen LogP contribution is -2.45. The second-order valence-corrected chi connectivity index (χ2v) is 5.34. The average molecular weight is 248 g/mol. The summed E-state index contributed by atoms with van der Waals surface area (Å²) in [5, 5.41) is 0. The Balaban J connectivity index is 2.09. The molecule has 0 radical (unpaired) electrons. The molecule has 18 heavy (non-hydrogen) atoms. The number of benzene rings is 1. The van der Waals surface area contributed by atoms with E-state index in [4.69, 9.17) is 10.5 Å². The predicted molar refractivity (Wildman–Crippen MR) is 74.7 cm³/mol. The van der Waals surface area contributed by atoms with Crippen LogP contribution in [0.1, 0.15) is 22.3 Å². The Bertz CT molecular complexity index is 394. The van der Waals surface area contributed by atoms with Crippen LogP contribution < -0.4 is 5.73 Å². The van der Waals surface area contributed by atoms with Crippen molar-refractivity contribution in [1.29, 1.82) is 0 Å². The molecule has 1 heterocycles. The molecule has 2 N–H and O–H groups in total. The van der Waals surface area contributed by atoms with Crippen LogP contribution >= 0.6 is 0 Å². The third-order valence-electron chi connectivity index (χ3n) is 3.71. The molecular weight excluding hydrogens is 224 g/mol. The van der Waals surface area contributed by atoms with Crippen LogP contribution in [0.15, 0.2) is 12.1 Å². The first-order valence-corrected chi connectivity index (χ1v) is 6.71. The van der Waals surface area contributed by atoms with Crippen LogP contribution in [0.5, 0.6) is 0 Å². The minimum Gasteiger partial charge on any atom is -0.374 e. The predicted octanol–water partition coefficient (Wildman–Crippen LogP) is 1.77. The van der Waals surface area contributed by atoms with Gasteiger partial charge in [-0.2, -0.15) is 0 Å². The number of nitrogens with zero attached hydrogens (tertiary/aromatic N) is 1. The third kappa shape index (κ3) is 3.10. The molecule has 0 amide bonds. The minimum absolute atomic E-state index is 0.199. The van der Waals surface area contributed by atoms with Crippen LogP contribution in [0.3, 0.4) is 0 Å². The van der Waals surface area contributed by atoms with Crippen LogP contribution in [0.2, 0.25) is 0 Å². The molecule has 1 aromatic rings. The fraction of sp³-hybridized carbons (Fsp3) is 0.600. The zero-order chi connectivity index (χ0) is 13.1. The summed E-state index contributed by atoms with van der Waals surface area (Å²) in [7, 11) is 0. The molecule has 3 nitrogen and oxygen atoms in total. The highest BCUT2D eigenvalue weighted by Gasteiger charge is 2.20. The Kier molecular flexibility index (Phi) is 4.38. The SMILES string of the molecule is Cc1cc(C)c(CN2CCOC(CN)C2)c(C)c1. The summed E-state index contributed by atoms with van der Waals surface area (Å²) in [6, 6.07) is 4.53. The molecule has 100 valence electrons. The van der Waals surface area contributed by atoms with Crippen molar-refractivity contribution in [1.82, 2.24) is 4.90 Å². The topological polar surface area (TPSA) is 38.5 Å². The van der Waals surface area contributed by atoms with E-state index in [-0.39, 0.29) is 6.10 Å². The highest BCUT2D eigenvalue weighted by molar-refractivity contribution is 5.37. The lowest BCUT2D eigenvalue weighted by atomic mass is 9.99. The normalized spacial score (nSPS) is 21.2. The smallest absolute Gasteiger partial charge is 0.0824 e. The fourth-order valence-electron chi connectivity index (χ4n) is 2.75. The molecule has 0 bridgehead atoms. The Hall–Kier alpha value is -0.900. The summed E-state index contributed by atoms with van der Waals surface area (Å²) >= 11 is 0. The van der Waals surface area contributed by atoms with Gasteiger partial charge >= 0.3 is 0 Å². The molecule has 1 atom stereocenters. The van der Waals surface area contributed by atoms with Crippen molar-refractivity contribution >= 4 is 0 Å². The van der Waals surface area contributed by atoms with Crippen LogP contribution in [0.25, 0.3) is 0 Å². The van der Waals surface area contributed by atoms with E-state index in [0.29, 0.717) is 6.54 Å². The first kappa shape index (κ1) is 13.5. The number of morpholine rings is 1. The molecule has 1 aliphatic heterocycles. The Labute approximate surface area is 110 Å². The number of ether oxygens (including phenoxy) is 1. The zero-order valence-electron chi connectivity index (χ0n) is 11.7. The standard InChI is InChI=1S/C15H24N2O/c1-11-6-12(2)15(13(3)7-11)10-17-4-5-18-14(8-16)9-17/h6-7,14H,4-5,8-10,16H2,1-3H3. The molecular formula is C15H24N2O. The van der Waals surface area contributed by atoms with E-state index >= 15 is 0 Å². The van der Waals surface area contributed by atoms with Crippen LogP contribution in [-0.4, -0.2) is 37.2 Å². The molecule has 1 aromatic carbocycles. The summed E-state index contributed by atoms with van der Waals surface area (Å²) in [5.41, 5.74) is 11.3. The van der Waals surface area contributed by atoms with Gasteiger partial charge in [0.05, 0.1) is 12.7 Å². The molecule has 0 spiro atoms. The van der Waals surface area contributed by atoms with Crippen molar-refractivity contribution < 1.29 is 4.74 Å². The second kappa shape index (κ2) is 5.83. The van der Waals surface area contributed by atoms with Gasteiger partial charge in [0.25, 0.3) is 0 Å². The van der Waals surface area contributed by atoms with Crippen LogP contribution in [-0.2, 0) is 11.3 Å². The molecule has 0 aliphatic carbocycles. The van der Waals surface area contributed by atoms with E-state index in [2.05, 4.69) is 37.8 Å². The van der Waals surface area contributed by atoms with Crippen LogP contribution in [0, 0.1) is 20.8 Å². The summed E-state index contributed by atoms with van der Waals surface area (Å²) in [6.45, 7) is 10.9. The maximum Gasteiger partial charge on any atom is 0.0824 e. The molecule has 1 aliphatic rings.